The topological polar surface area (TPSA) is 130 Å². The lowest BCUT2D eigenvalue weighted by atomic mass is 9.96. The van der Waals surface area contributed by atoms with Gasteiger partial charge in [0.1, 0.15) is 21.7 Å². The number of hydrogen-bond donors (Lipinski definition) is 3. The second-order valence-electron chi connectivity index (χ2n) is 8.13. The number of fused-ring (bicyclic) bond motifs is 1. The molecule has 1 aliphatic carbocycles. The van der Waals surface area contributed by atoms with E-state index >= 15 is 0 Å². The second kappa shape index (κ2) is 7.59. The molecule has 0 bridgehead atoms. The number of carbonyl (C=O) groups excluding carboxylic acids is 2. The average molecular weight is 452 g/mol. The van der Waals surface area contributed by atoms with Gasteiger partial charge in [-0.25, -0.2) is 17.9 Å². The molecule has 5 rings (SSSR count). The van der Waals surface area contributed by atoms with Crippen molar-refractivity contribution >= 4 is 32.8 Å². The first-order chi connectivity index (χ1) is 15.4. The minimum atomic E-state index is -3.77. The molecule has 3 aromatic rings. The normalized spacial score (nSPS) is 22.8. The fourth-order valence-corrected chi connectivity index (χ4v) is 5.42. The molecule has 10 heteroatoms. The number of rotatable bonds is 5. The summed E-state index contributed by atoms with van der Waals surface area (Å²) < 4.78 is 33.8. The lowest BCUT2D eigenvalue weighted by Gasteiger charge is -2.20. The van der Waals surface area contributed by atoms with Crippen molar-refractivity contribution in [2.75, 3.05) is 6.54 Å². The Balaban J connectivity index is 1.25. The Bertz CT molecular complexity index is 1330. The molecule has 3 heterocycles. The maximum atomic E-state index is 12.7. The third kappa shape index (κ3) is 3.58. The number of nitrogens with one attached hydrogen (secondary N) is 3. The van der Waals surface area contributed by atoms with Crippen LogP contribution in [0, 0.1) is 5.92 Å². The number of pyridine rings is 1. The van der Waals surface area contributed by atoms with Crippen molar-refractivity contribution in [3.8, 4) is 11.5 Å². The minimum absolute atomic E-state index is 0.0341. The zero-order chi connectivity index (χ0) is 22.3. The Kier molecular flexibility index (Phi) is 4.85. The number of nitrogens with zero attached hydrogens (tertiary/aromatic N) is 1. The van der Waals surface area contributed by atoms with Crippen LogP contribution in [0.25, 0.3) is 22.4 Å². The van der Waals surface area contributed by atoms with Gasteiger partial charge in [0.05, 0.1) is 0 Å². The van der Waals surface area contributed by atoms with E-state index in [0.717, 1.165) is 11.0 Å². The standard InChI is InChI=1S/C22H20N4O5S/c27-13-20-25-21(28)22(26-20)8-7-14(10-22)11-24-32(29,30)16-5-6-17(23-12-16)19-9-15-3-1-2-4-18(15)31-19/h1-6,9,12,14,24,26H,7-8,10-11H2,(H,25,28). The number of para-hydroxylation sites is 1. The van der Waals surface area contributed by atoms with E-state index in [2.05, 4.69) is 20.3 Å². The predicted molar refractivity (Wildman–Crippen MR) is 115 cm³/mol. The Hall–Kier alpha value is -3.46. The number of furan rings is 1. The summed E-state index contributed by atoms with van der Waals surface area (Å²) in [7, 11) is -3.77. The van der Waals surface area contributed by atoms with Crippen molar-refractivity contribution in [3.05, 3.63) is 54.5 Å². The molecule has 1 aliphatic heterocycles. The van der Waals surface area contributed by atoms with E-state index in [9.17, 15) is 18.0 Å². The molecule has 2 aliphatic rings. The molecule has 32 heavy (non-hydrogen) atoms. The molecule has 0 radical (unpaired) electrons. The van der Waals surface area contributed by atoms with Gasteiger partial charge in [-0.05, 0) is 49.4 Å². The Morgan fingerprint density at radius 2 is 2.09 bits per heavy atom. The molecule has 1 saturated heterocycles. The van der Waals surface area contributed by atoms with Crippen molar-refractivity contribution in [1.82, 2.24) is 20.3 Å². The Labute approximate surface area is 184 Å². The van der Waals surface area contributed by atoms with Gasteiger partial charge in [0.25, 0.3) is 5.91 Å². The van der Waals surface area contributed by atoms with Crippen molar-refractivity contribution in [3.63, 3.8) is 0 Å². The third-order valence-corrected chi connectivity index (χ3v) is 7.45. The van der Waals surface area contributed by atoms with Gasteiger partial charge in [-0.2, -0.15) is 0 Å². The van der Waals surface area contributed by atoms with Gasteiger partial charge in [-0.3, -0.25) is 9.78 Å². The Morgan fingerprint density at radius 3 is 2.81 bits per heavy atom. The number of hydrogen-bond acceptors (Lipinski definition) is 7. The van der Waals surface area contributed by atoms with Crippen molar-refractivity contribution in [2.24, 2.45) is 5.92 Å². The van der Waals surface area contributed by atoms with Crippen LogP contribution < -0.4 is 15.4 Å². The van der Waals surface area contributed by atoms with Gasteiger partial charge in [0.2, 0.25) is 10.0 Å². The fraction of sp³-hybridized carbons (Fsp3) is 0.273. The minimum Gasteiger partial charge on any atom is -0.454 e. The number of aromatic nitrogens is 1. The summed E-state index contributed by atoms with van der Waals surface area (Å²) in [5, 5.41) is 6.31. The highest BCUT2D eigenvalue weighted by atomic mass is 32.2. The van der Waals surface area contributed by atoms with Crippen LogP contribution in [0.3, 0.4) is 0 Å². The molecule has 164 valence electrons. The van der Waals surface area contributed by atoms with Crippen LogP contribution in [0.1, 0.15) is 19.3 Å². The summed E-state index contributed by atoms with van der Waals surface area (Å²) in [6, 6.07) is 12.5. The van der Waals surface area contributed by atoms with E-state index in [1.54, 1.807) is 12.0 Å². The highest BCUT2D eigenvalue weighted by Crippen LogP contribution is 2.37. The zero-order valence-electron chi connectivity index (χ0n) is 16.9. The molecular formula is C22H20N4O5S. The quantitative estimate of drug-likeness (QED) is 0.502. The zero-order valence-corrected chi connectivity index (χ0v) is 17.7. The lowest BCUT2D eigenvalue weighted by Crippen LogP contribution is -2.44. The van der Waals surface area contributed by atoms with Crippen LogP contribution in [-0.2, 0) is 19.6 Å². The first kappa shape index (κ1) is 20.4. The van der Waals surface area contributed by atoms with E-state index < -0.39 is 15.6 Å². The van der Waals surface area contributed by atoms with Gasteiger partial charge in [-0.1, -0.05) is 18.2 Å². The molecule has 2 atom stereocenters. The molecule has 1 spiro atoms. The van der Waals surface area contributed by atoms with Gasteiger partial charge < -0.3 is 15.1 Å². The lowest BCUT2D eigenvalue weighted by molar-refractivity contribution is -0.123. The van der Waals surface area contributed by atoms with Crippen LogP contribution >= 0.6 is 0 Å². The van der Waals surface area contributed by atoms with Crippen molar-refractivity contribution in [1.29, 1.82) is 0 Å². The number of sulfonamides is 1. The van der Waals surface area contributed by atoms with Crippen LogP contribution in [0.4, 0.5) is 0 Å². The second-order valence-corrected chi connectivity index (χ2v) is 9.89. The molecule has 1 aromatic carbocycles. The average Bonchev–Trinajstić information content (AvgIpc) is 3.50. The van der Waals surface area contributed by atoms with E-state index in [1.807, 2.05) is 30.3 Å². The summed E-state index contributed by atoms with van der Waals surface area (Å²) in [6.07, 6.45) is 2.90. The van der Waals surface area contributed by atoms with Gasteiger partial charge in [0, 0.05) is 18.1 Å². The van der Waals surface area contributed by atoms with Gasteiger partial charge in [0.15, 0.2) is 17.5 Å². The molecular weight excluding hydrogens is 432 g/mol. The highest BCUT2D eigenvalue weighted by molar-refractivity contribution is 7.89. The van der Waals surface area contributed by atoms with E-state index in [1.165, 1.54) is 12.3 Å². The van der Waals surface area contributed by atoms with Gasteiger partial charge >= 0.3 is 0 Å². The summed E-state index contributed by atoms with van der Waals surface area (Å²) in [5.74, 6) is 1.94. The summed E-state index contributed by atoms with van der Waals surface area (Å²) in [5.41, 5.74) is 0.409. The highest BCUT2D eigenvalue weighted by Gasteiger charge is 2.50. The predicted octanol–water partition coefficient (Wildman–Crippen LogP) is 1.70. The number of carbonyl (C=O) groups is 1. The largest absolute Gasteiger partial charge is 0.454 e. The van der Waals surface area contributed by atoms with Crippen LogP contribution in [0.15, 0.2) is 63.8 Å². The first-order valence-corrected chi connectivity index (χ1v) is 11.7. The molecule has 9 nitrogen and oxygen atoms in total. The maximum absolute atomic E-state index is 12.7. The number of benzene rings is 1. The summed E-state index contributed by atoms with van der Waals surface area (Å²) >= 11 is 0. The van der Waals surface area contributed by atoms with E-state index in [-0.39, 0.29) is 29.1 Å². The summed E-state index contributed by atoms with van der Waals surface area (Å²) in [4.78, 5) is 27.3. The van der Waals surface area contributed by atoms with Crippen LogP contribution in [0.5, 0.6) is 0 Å². The number of amides is 1. The molecule has 2 aromatic heterocycles. The smallest absolute Gasteiger partial charge is 0.251 e. The van der Waals surface area contributed by atoms with E-state index in [4.69, 9.17) is 4.42 Å². The maximum Gasteiger partial charge on any atom is 0.251 e. The summed E-state index contributed by atoms with van der Waals surface area (Å²) in [6.45, 7) is 0.185. The SMILES string of the molecule is O=C=C1NC(=O)C2(CCC(CNS(=O)(=O)c3ccc(-c4cc5ccccc5o4)nc3)C2)N1. The van der Waals surface area contributed by atoms with Crippen molar-refractivity contribution in [2.45, 2.75) is 29.7 Å². The molecule has 3 N–H and O–H groups in total. The van der Waals surface area contributed by atoms with Crippen LogP contribution in [-0.4, -0.2) is 37.3 Å². The fourth-order valence-electron chi connectivity index (χ4n) is 4.36. The molecule has 2 fully saturated rings. The van der Waals surface area contributed by atoms with Crippen molar-refractivity contribution < 1.29 is 22.4 Å². The monoisotopic (exact) mass is 452 g/mol. The third-order valence-electron chi connectivity index (χ3n) is 6.04. The van der Waals surface area contributed by atoms with Gasteiger partial charge in [-0.15, -0.1) is 0 Å². The Morgan fingerprint density at radius 1 is 1.25 bits per heavy atom. The molecule has 2 unspecified atom stereocenters. The van der Waals surface area contributed by atoms with E-state index in [0.29, 0.717) is 30.7 Å². The first-order valence-electron chi connectivity index (χ1n) is 10.2. The molecule has 1 saturated carbocycles. The molecule has 1 amide bonds. The van der Waals surface area contributed by atoms with Crippen LogP contribution in [0.2, 0.25) is 0 Å².